The second kappa shape index (κ2) is 7.61. The summed E-state index contributed by atoms with van der Waals surface area (Å²) in [5.74, 6) is 2.69. The van der Waals surface area contributed by atoms with Crippen molar-refractivity contribution in [3.8, 4) is 5.75 Å². The summed E-state index contributed by atoms with van der Waals surface area (Å²) < 4.78 is 6.05. The number of rotatable bonds is 6. The molecule has 0 amide bonds. The number of ether oxygens (including phenoxy) is 1. The van der Waals surface area contributed by atoms with E-state index >= 15 is 0 Å². The molecule has 1 saturated carbocycles. The summed E-state index contributed by atoms with van der Waals surface area (Å²) in [7, 11) is 1.96. The lowest BCUT2D eigenvalue weighted by atomic mass is 9.97. The Balaban J connectivity index is 1.23. The van der Waals surface area contributed by atoms with Crippen molar-refractivity contribution in [3.05, 3.63) is 42.1 Å². The Hall–Kier alpha value is -1.81. The molecule has 25 heavy (non-hydrogen) atoms. The molecule has 4 nitrogen and oxygen atoms in total. The fourth-order valence-electron chi connectivity index (χ4n) is 3.72. The molecule has 0 bridgehead atoms. The third-order valence-corrected chi connectivity index (χ3v) is 5.50. The third kappa shape index (κ3) is 4.63. The highest BCUT2D eigenvalue weighted by Crippen LogP contribution is 2.31. The normalized spacial score (nSPS) is 22.1. The predicted octanol–water partition coefficient (Wildman–Crippen LogP) is 3.74. The number of likely N-dealkylation sites (tertiary alicyclic amines) is 1. The van der Waals surface area contributed by atoms with Crippen molar-refractivity contribution in [1.82, 2.24) is 9.91 Å². The van der Waals surface area contributed by atoms with Crippen LogP contribution in [0.25, 0.3) is 0 Å². The maximum Gasteiger partial charge on any atom is 0.119 e. The standard InChI is InChI=1S/C21H29N3O/c1-23-12-2-3-21(22-23)19-6-8-20(9-7-19)25-16-18-10-13-24(14-11-18)15-17-4-5-17/h2,6-9,12,17-18H,3-5,10-11,13-16H2,1H3. The topological polar surface area (TPSA) is 28.1 Å². The first-order valence-electron chi connectivity index (χ1n) is 9.69. The van der Waals surface area contributed by atoms with Crippen LogP contribution >= 0.6 is 0 Å². The second-order valence-electron chi connectivity index (χ2n) is 7.73. The van der Waals surface area contributed by atoms with Gasteiger partial charge in [-0.1, -0.05) is 6.08 Å². The first-order valence-corrected chi connectivity index (χ1v) is 9.69. The lowest BCUT2D eigenvalue weighted by Gasteiger charge is -2.31. The van der Waals surface area contributed by atoms with E-state index < -0.39 is 0 Å². The van der Waals surface area contributed by atoms with Crippen LogP contribution in [0.5, 0.6) is 5.75 Å². The molecule has 2 fully saturated rings. The minimum absolute atomic E-state index is 0.705. The van der Waals surface area contributed by atoms with E-state index in [2.05, 4.69) is 40.3 Å². The Bertz CT molecular complexity index is 625. The monoisotopic (exact) mass is 339 g/mol. The highest BCUT2D eigenvalue weighted by Gasteiger charge is 2.27. The van der Waals surface area contributed by atoms with Gasteiger partial charge in [-0.2, -0.15) is 5.10 Å². The van der Waals surface area contributed by atoms with Crippen molar-refractivity contribution in [2.45, 2.75) is 32.1 Å². The van der Waals surface area contributed by atoms with Crippen LogP contribution in [-0.2, 0) is 0 Å². The van der Waals surface area contributed by atoms with Gasteiger partial charge in [0, 0.05) is 26.2 Å². The number of allylic oxidation sites excluding steroid dienone is 1. The average molecular weight is 339 g/mol. The SMILES string of the molecule is CN1C=CCC(c2ccc(OCC3CCN(CC4CC4)CC3)cc2)=N1. The summed E-state index contributed by atoms with van der Waals surface area (Å²) in [4.78, 5) is 2.65. The van der Waals surface area contributed by atoms with Crippen LogP contribution in [0, 0.1) is 11.8 Å². The zero-order valence-electron chi connectivity index (χ0n) is 15.2. The van der Waals surface area contributed by atoms with Crippen LogP contribution in [0.2, 0.25) is 0 Å². The van der Waals surface area contributed by atoms with Crippen molar-refractivity contribution in [1.29, 1.82) is 0 Å². The molecule has 4 heteroatoms. The molecular weight excluding hydrogens is 310 g/mol. The predicted molar refractivity (Wildman–Crippen MR) is 102 cm³/mol. The molecule has 1 saturated heterocycles. The number of nitrogens with zero attached hydrogens (tertiary/aromatic N) is 3. The molecule has 0 unspecified atom stereocenters. The molecule has 1 aromatic carbocycles. The van der Waals surface area contributed by atoms with E-state index in [1.54, 1.807) is 0 Å². The Morgan fingerprint density at radius 2 is 1.80 bits per heavy atom. The second-order valence-corrected chi connectivity index (χ2v) is 7.73. The molecule has 4 rings (SSSR count). The molecule has 2 heterocycles. The van der Waals surface area contributed by atoms with Crippen molar-refractivity contribution in [2.75, 3.05) is 33.3 Å². The van der Waals surface area contributed by atoms with Gasteiger partial charge in [-0.15, -0.1) is 0 Å². The summed E-state index contributed by atoms with van der Waals surface area (Å²) in [5.41, 5.74) is 2.29. The van der Waals surface area contributed by atoms with Gasteiger partial charge in [-0.05, 0) is 80.4 Å². The van der Waals surface area contributed by atoms with Crippen LogP contribution in [0.3, 0.4) is 0 Å². The van der Waals surface area contributed by atoms with E-state index in [4.69, 9.17) is 4.74 Å². The molecule has 2 aliphatic heterocycles. The zero-order chi connectivity index (χ0) is 17.1. The summed E-state index contributed by atoms with van der Waals surface area (Å²) >= 11 is 0. The molecule has 134 valence electrons. The molecule has 3 aliphatic rings. The van der Waals surface area contributed by atoms with E-state index in [0.717, 1.165) is 30.4 Å². The minimum Gasteiger partial charge on any atom is -0.493 e. The van der Waals surface area contributed by atoms with Gasteiger partial charge in [0.25, 0.3) is 0 Å². The Morgan fingerprint density at radius 3 is 2.48 bits per heavy atom. The van der Waals surface area contributed by atoms with E-state index in [1.807, 2.05) is 18.3 Å². The fraction of sp³-hybridized carbons (Fsp3) is 0.571. The zero-order valence-corrected chi connectivity index (χ0v) is 15.2. The maximum atomic E-state index is 6.05. The van der Waals surface area contributed by atoms with Crippen molar-refractivity contribution >= 4 is 5.71 Å². The van der Waals surface area contributed by atoms with Gasteiger partial charge >= 0.3 is 0 Å². The molecular formula is C21H29N3O. The van der Waals surface area contributed by atoms with Crippen molar-refractivity contribution in [2.24, 2.45) is 16.9 Å². The van der Waals surface area contributed by atoms with Gasteiger partial charge in [-0.3, -0.25) is 5.01 Å². The van der Waals surface area contributed by atoms with Crippen molar-refractivity contribution < 1.29 is 4.74 Å². The molecule has 1 aromatic rings. The first-order chi connectivity index (χ1) is 12.3. The van der Waals surface area contributed by atoms with E-state index in [-0.39, 0.29) is 0 Å². The van der Waals surface area contributed by atoms with Gasteiger partial charge in [0.05, 0.1) is 12.3 Å². The summed E-state index contributed by atoms with van der Waals surface area (Å²) in [5, 5.41) is 6.41. The van der Waals surface area contributed by atoms with Crippen molar-refractivity contribution in [3.63, 3.8) is 0 Å². The van der Waals surface area contributed by atoms with Gasteiger partial charge < -0.3 is 9.64 Å². The minimum atomic E-state index is 0.705. The van der Waals surface area contributed by atoms with E-state index in [1.165, 1.54) is 50.9 Å². The summed E-state index contributed by atoms with van der Waals surface area (Å²) in [6.45, 7) is 4.70. The smallest absolute Gasteiger partial charge is 0.119 e. The average Bonchev–Trinajstić information content (AvgIpc) is 3.46. The maximum absolute atomic E-state index is 6.05. The number of hydrazone groups is 1. The van der Waals surface area contributed by atoms with Gasteiger partial charge in [0.2, 0.25) is 0 Å². The molecule has 0 N–H and O–H groups in total. The largest absolute Gasteiger partial charge is 0.493 e. The highest BCUT2D eigenvalue weighted by atomic mass is 16.5. The molecule has 1 aliphatic carbocycles. The van der Waals surface area contributed by atoms with Crippen LogP contribution in [0.4, 0.5) is 0 Å². The van der Waals surface area contributed by atoms with Gasteiger partial charge in [0.1, 0.15) is 5.75 Å². The molecule has 0 atom stereocenters. The highest BCUT2D eigenvalue weighted by molar-refractivity contribution is 6.01. The quantitative estimate of drug-likeness (QED) is 0.790. The Labute approximate surface area is 151 Å². The van der Waals surface area contributed by atoms with Crippen LogP contribution in [0.1, 0.15) is 37.7 Å². The lowest BCUT2D eigenvalue weighted by molar-refractivity contribution is 0.138. The van der Waals surface area contributed by atoms with Crippen LogP contribution in [0.15, 0.2) is 41.6 Å². The molecule has 0 radical (unpaired) electrons. The molecule has 0 spiro atoms. The Kier molecular flexibility index (Phi) is 5.07. The van der Waals surface area contributed by atoms with E-state index in [9.17, 15) is 0 Å². The van der Waals surface area contributed by atoms with E-state index in [0.29, 0.717) is 5.92 Å². The molecule has 0 aromatic heterocycles. The first kappa shape index (κ1) is 16.6. The lowest BCUT2D eigenvalue weighted by Crippen LogP contribution is -2.36. The fourth-order valence-corrected chi connectivity index (χ4v) is 3.72. The van der Waals surface area contributed by atoms with Gasteiger partial charge in [-0.25, -0.2) is 0 Å². The Morgan fingerprint density at radius 1 is 1.04 bits per heavy atom. The number of piperidine rings is 1. The number of hydrogen-bond donors (Lipinski definition) is 0. The number of hydrogen-bond acceptors (Lipinski definition) is 4. The van der Waals surface area contributed by atoms with Gasteiger partial charge in [0.15, 0.2) is 0 Å². The van der Waals surface area contributed by atoms with Crippen LogP contribution in [-0.4, -0.2) is 48.9 Å². The number of benzene rings is 1. The third-order valence-electron chi connectivity index (χ3n) is 5.50. The van der Waals surface area contributed by atoms with Crippen LogP contribution < -0.4 is 4.74 Å². The summed E-state index contributed by atoms with van der Waals surface area (Å²) in [6.07, 6.45) is 10.5. The summed E-state index contributed by atoms with van der Waals surface area (Å²) in [6, 6.07) is 8.41.